The first-order chi connectivity index (χ1) is 16.9. The molecule has 5 rings (SSSR count). The van der Waals surface area contributed by atoms with Crippen molar-refractivity contribution in [2.75, 3.05) is 20.8 Å². The lowest BCUT2D eigenvalue weighted by molar-refractivity contribution is 0.0690. The molecule has 8 heteroatoms. The summed E-state index contributed by atoms with van der Waals surface area (Å²) in [5, 5.41) is 7.66. The Balaban J connectivity index is 1.69. The van der Waals surface area contributed by atoms with Crippen molar-refractivity contribution in [3.63, 3.8) is 0 Å². The first kappa shape index (κ1) is 23.1. The van der Waals surface area contributed by atoms with Gasteiger partial charge in [-0.3, -0.25) is 9.59 Å². The quantitative estimate of drug-likeness (QED) is 0.401. The molecule has 1 unspecified atom stereocenters. The van der Waals surface area contributed by atoms with Crippen LogP contribution >= 0.6 is 11.3 Å². The summed E-state index contributed by atoms with van der Waals surface area (Å²) in [6, 6.07) is 14.7. The lowest BCUT2D eigenvalue weighted by atomic mass is 9.90. The van der Waals surface area contributed by atoms with E-state index < -0.39 is 0 Å². The Kier molecular flexibility index (Phi) is 6.06. The van der Waals surface area contributed by atoms with Gasteiger partial charge in [0.25, 0.3) is 11.5 Å². The molecular formula is C27H27N3O4S. The third-order valence-corrected chi connectivity index (χ3v) is 7.39. The molecule has 0 bridgehead atoms. The van der Waals surface area contributed by atoms with Gasteiger partial charge in [0.2, 0.25) is 0 Å². The SMILES string of the molecule is COc1cc2c(cc1OC)C(c1cccs1)N(C(=O)c1nn(C(C)C)c(=O)c3ccccc13)CC2. The molecule has 35 heavy (non-hydrogen) atoms. The zero-order valence-electron chi connectivity index (χ0n) is 20.1. The van der Waals surface area contributed by atoms with E-state index in [4.69, 9.17) is 9.47 Å². The van der Waals surface area contributed by atoms with E-state index in [1.807, 2.05) is 60.5 Å². The van der Waals surface area contributed by atoms with Gasteiger partial charge in [0.05, 0.1) is 31.7 Å². The van der Waals surface area contributed by atoms with E-state index in [1.54, 1.807) is 37.7 Å². The molecule has 1 amide bonds. The van der Waals surface area contributed by atoms with E-state index in [1.165, 1.54) is 4.68 Å². The Labute approximate surface area is 207 Å². The molecule has 1 aliphatic heterocycles. The van der Waals surface area contributed by atoms with Crippen LogP contribution in [0.4, 0.5) is 0 Å². The van der Waals surface area contributed by atoms with Gasteiger partial charge in [0, 0.05) is 16.8 Å². The first-order valence-corrected chi connectivity index (χ1v) is 12.4. The van der Waals surface area contributed by atoms with Crippen molar-refractivity contribution >= 4 is 28.0 Å². The van der Waals surface area contributed by atoms with Crippen LogP contribution in [0.1, 0.15) is 52.4 Å². The highest BCUT2D eigenvalue weighted by Gasteiger charge is 2.36. The number of aromatic nitrogens is 2. The number of hydrogen-bond donors (Lipinski definition) is 0. The predicted octanol–water partition coefficient (Wildman–Crippen LogP) is 4.84. The number of carbonyl (C=O) groups excluding carboxylic acids is 1. The highest BCUT2D eigenvalue weighted by atomic mass is 32.1. The van der Waals surface area contributed by atoms with Crippen LogP contribution in [0.15, 0.2) is 58.7 Å². The van der Waals surface area contributed by atoms with Crippen LogP contribution in [0.2, 0.25) is 0 Å². The van der Waals surface area contributed by atoms with E-state index in [9.17, 15) is 9.59 Å². The number of carbonyl (C=O) groups is 1. The molecule has 0 N–H and O–H groups in total. The second-order valence-corrected chi connectivity index (χ2v) is 9.79. The first-order valence-electron chi connectivity index (χ1n) is 11.5. The maximum absolute atomic E-state index is 14.2. The molecule has 0 spiro atoms. The summed E-state index contributed by atoms with van der Waals surface area (Å²) in [5.74, 6) is 1.10. The van der Waals surface area contributed by atoms with E-state index in [-0.39, 0.29) is 23.6 Å². The normalized spacial score (nSPS) is 15.3. The number of benzene rings is 2. The van der Waals surface area contributed by atoms with Gasteiger partial charge in [-0.2, -0.15) is 5.10 Å². The molecule has 0 aliphatic carbocycles. The van der Waals surface area contributed by atoms with Crippen molar-refractivity contribution in [2.24, 2.45) is 0 Å². The fourth-order valence-corrected chi connectivity index (χ4v) is 5.62. The highest BCUT2D eigenvalue weighted by molar-refractivity contribution is 7.10. The van der Waals surface area contributed by atoms with Crippen LogP contribution in [0.5, 0.6) is 11.5 Å². The smallest absolute Gasteiger partial charge is 0.275 e. The molecule has 7 nitrogen and oxygen atoms in total. The summed E-state index contributed by atoms with van der Waals surface area (Å²) in [6.07, 6.45) is 0.672. The number of hydrogen-bond acceptors (Lipinski definition) is 6. The van der Waals surface area contributed by atoms with Crippen molar-refractivity contribution < 1.29 is 14.3 Å². The number of fused-ring (bicyclic) bond motifs is 2. The largest absolute Gasteiger partial charge is 0.493 e. The molecule has 0 saturated carbocycles. The van der Waals surface area contributed by atoms with Gasteiger partial charge in [-0.15, -0.1) is 11.3 Å². The minimum Gasteiger partial charge on any atom is -0.493 e. The molecule has 0 fully saturated rings. The maximum atomic E-state index is 14.2. The van der Waals surface area contributed by atoms with Crippen molar-refractivity contribution in [1.82, 2.24) is 14.7 Å². The van der Waals surface area contributed by atoms with Crippen molar-refractivity contribution in [3.05, 3.63) is 86.0 Å². The van der Waals surface area contributed by atoms with Gasteiger partial charge >= 0.3 is 0 Å². The number of rotatable bonds is 5. The molecule has 4 aromatic rings. The van der Waals surface area contributed by atoms with Crippen LogP contribution in [0.25, 0.3) is 10.8 Å². The molecule has 3 heterocycles. The molecule has 2 aromatic heterocycles. The summed E-state index contributed by atoms with van der Waals surface area (Å²) >= 11 is 1.61. The zero-order valence-corrected chi connectivity index (χ0v) is 21.0. The van der Waals surface area contributed by atoms with Crippen molar-refractivity contribution in [2.45, 2.75) is 32.4 Å². The van der Waals surface area contributed by atoms with Gasteiger partial charge in [0.15, 0.2) is 17.2 Å². The van der Waals surface area contributed by atoms with Gasteiger partial charge in [-0.25, -0.2) is 4.68 Å². The zero-order chi connectivity index (χ0) is 24.7. The lowest BCUT2D eigenvalue weighted by Gasteiger charge is -2.37. The van der Waals surface area contributed by atoms with E-state index in [0.717, 1.165) is 16.0 Å². The standard InChI is InChI=1S/C27H27N3O4S/c1-16(2)30-26(31)19-9-6-5-8-18(19)24(28-30)27(32)29-12-11-17-14-21(33-3)22(34-4)15-20(17)25(29)23-10-7-13-35-23/h5-10,13-16,25H,11-12H2,1-4H3. The number of amides is 1. The van der Waals surface area contributed by atoms with Gasteiger partial charge in [-0.05, 0) is 61.0 Å². The van der Waals surface area contributed by atoms with E-state index in [0.29, 0.717) is 40.9 Å². The molecular weight excluding hydrogens is 462 g/mol. The highest BCUT2D eigenvalue weighted by Crippen LogP contribution is 2.42. The van der Waals surface area contributed by atoms with Gasteiger partial charge in [-0.1, -0.05) is 24.3 Å². The molecule has 0 saturated heterocycles. The molecule has 0 radical (unpaired) electrons. The molecule has 2 aromatic carbocycles. The Hall–Kier alpha value is -3.65. The van der Waals surface area contributed by atoms with E-state index in [2.05, 4.69) is 5.10 Å². The summed E-state index contributed by atoms with van der Waals surface area (Å²) < 4.78 is 12.5. The minimum atomic E-state index is -0.300. The van der Waals surface area contributed by atoms with Crippen molar-refractivity contribution in [3.8, 4) is 11.5 Å². The van der Waals surface area contributed by atoms with Crippen LogP contribution in [0.3, 0.4) is 0 Å². The van der Waals surface area contributed by atoms with Crippen LogP contribution in [-0.4, -0.2) is 41.4 Å². The lowest BCUT2D eigenvalue weighted by Crippen LogP contribution is -2.41. The van der Waals surface area contributed by atoms with Crippen LogP contribution in [-0.2, 0) is 6.42 Å². The average molecular weight is 490 g/mol. The second kappa shape index (κ2) is 9.19. The summed E-state index contributed by atoms with van der Waals surface area (Å²) in [7, 11) is 3.24. The van der Waals surface area contributed by atoms with Crippen LogP contribution < -0.4 is 15.0 Å². The number of methoxy groups -OCH3 is 2. The minimum absolute atomic E-state index is 0.175. The Morgan fingerprint density at radius 2 is 1.77 bits per heavy atom. The van der Waals surface area contributed by atoms with E-state index >= 15 is 0 Å². The molecule has 180 valence electrons. The molecule has 1 atom stereocenters. The summed E-state index contributed by atoms with van der Waals surface area (Å²) in [4.78, 5) is 30.1. The number of nitrogens with zero attached hydrogens (tertiary/aromatic N) is 3. The molecule has 1 aliphatic rings. The third kappa shape index (κ3) is 3.87. The Bertz CT molecular complexity index is 1460. The van der Waals surface area contributed by atoms with Crippen molar-refractivity contribution in [1.29, 1.82) is 0 Å². The Morgan fingerprint density at radius 1 is 1.06 bits per heavy atom. The second-order valence-electron chi connectivity index (χ2n) is 8.81. The number of ether oxygens (including phenoxy) is 2. The summed E-state index contributed by atoms with van der Waals surface area (Å²) in [6.45, 7) is 4.30. The Morgan fingerprint density at radius 3 is 2.43 bits per heavy atom. The topological polar surface area (TPSA) is 73.7 Å². The monoisotopic (exact) mass is 489 g/mol. The fourth-order valence-electron chi connectivity index (χ4n) is 4.77. The third-order valence-electron chi connectivity index (χ3n) is 6.47. The predicted molar refractivity (Wildman–Crippen MR) is 137 cm³/mol. The van der Waals surface area contributed by atoms with Crippen LogP contribution in [0, 0.1) is 0 Å². The maximum Gasteiger partial charge on any atom is 0.275 e. The van der Waals surface area contributed by atoms with Gasteiger partial charge in [0.1, 0.15) is 0 Å². The number of thiophene rings is 1. The fraction of sp³-hybridized carbons (Fsp3) is 0.296. The summed E-state index contributed by atoms with van der Waals surface area (Å²) in [5.41, 5.74) is 2.23. The van der Waals surface area contributed by atoms with Gasteiger partial charge < -0.3 is 14.4 Å². The average Bonchev–Trinajstić information content (AvgIpc) is 3.41.